The first kappa shape index (κ1) is 19.8. The van der Waals surface area contributed by atoms with E-state index in [0.29, 0.717) is 19.8 Å². The van der Waals surface area contributed by atoms with E-state index in [4.69, 9.17) is 19.9 Å². The van der Waals surface area contributed by atoms with Crippen molar-refractivity contribution in [2.24, 2.45) is 5.73 Å². The van der Waals surface area contributed by atoms with Gasteiger partial charge in [-0.1, -0.05) is 0 Å². The second-order valence-electron chi connectivity index (χ2n) is 8.57. The molecule has 0 unspecified atom stereocenters. The molecule has 122 valence electrons. The average Bonchev–Trinajstić information content (AvgIpc) is 2.18. The van der Waals surface area contributed by atoms with E-state index in [2.05, 4.69) is 0 Å². The molecule has 0 bridgehead atoms. The van der Waals surface area contributed by atoms with Crippen molar-refractivity contribution >= 4 is 0 Å². The van der Waals surface area contributed by atoms with Crippen LogP contribution in [-0.4, -0.2) is 42.2 Å². The van der Waals surface area contributed by atoms with Gasteiger partial charge in [0.2, 0.25) is 0 Å². The van der Waals surface area contributed by atoms with Crippen molar-refractivity contribution in [1.82, 2.24) is 0 Å². The first-order valence-corrected chi connectivity index (χ1v) is 7.33. The molecule has 4 heteroatoms. The molecule has 0 fully saturated rings. The molecule has 0 saturated heterocycles. The molecule has 0 aliphatic carbocycles. The number of nitrogens with two attached hydrogens (primary N) is 1. The van der Waals surface area contributed by atoms with Crippen molar-refractivity contribution in [3.8, 4) is 0 Å². The van der Waals surface area contributed by atoms with Crippen LogP contribution in [0.5, 0.6) is 0 Å². The molecule has 0 aromatic rings. The minimum absolute atomic E-state index is 0.228. The Labute approximate surface area is 125 Å². The van der Waals surface area contributed by atoms with E-state index in [1.807, 2.05) is 62.3 Å². The van der Waals surface area contributed by atoms with Crippen molar-refractivity contribution in [3.05, 3.63) is 0 Å². The summed E-state index contributed by atoms with van der Waals surface area (Å²) in [5.74, 6) is 0. The minimum Gasteiger partial charge on any atom is -0.374 e. The lowest BCUT2D eigenvalue weighted by Crippen LogP contribution is -2.56. The van der Waals surface area contributed by atoms with E-state index in [-0.39, 0.29) is 16.8 Å². The summed E-state index contributed by atoms with van der Waals surface area (Å²) in [6.07, 6.45) is 0. The van der Waals surface area contributed by atoms with Crippen molar-refractivity contribution < 1.29 is 14.2 Å². The average molecular weight is 289 g/mol. The maximum absolute atomic E-state index is 6.44. The van der Waals surface area contributed by atoms with E-state index in [0.717, 1.165) is 0 Å². The van der Waals surface area contributed by atoms with Gasteiger partial charge in [-0.05, 0) is 62.3 Å². The SMILES string of the molecule is CC(C)(C)OCC(N)(COC(C)(C)C)COC(C)(C)C. The summed E-state index contributed by atoms with van der Waals surface area (Å²) in [4.78, 5) is 0. The Bertz CT molecular complexity index is 236. The number of ether oxygens (including phenoxy) is 3. The molecule has 0 rings (SSSR count). The molecule has 0 aliphatic heterocycles. The molecule has 2 N–H and O–H groups in total. The van der Waals surface area contributed by atoms with Gasteiger partial charge in [0, 0.05) is 0 Å². The fraction of sp³-hybridized carbons (Fsp3) is 1.00. The molecule has 0 heterocycles. The lowest BCUT2D eigenvalue weighted by Gasteiger charge is -2.36. The molecule has 0 spiro atoms. The Balaban J connectivity index is 4.66. The highest BCUT2D eigenvalue weighted by Crippen LogP contribution is 2.18. The summed E-state index contributed by atoms with van der Waals surface area (Å²) in [7, 11) is 0. The van der Waals surface area contributed by atoms with Gasteiger partial charge in [-0.25, -0.2) is 0 Å². The van der Waals surface area contributed by atoms with Gasteiger partial charge in [0.05, 0.1) is 42.2 Å². The van der Waals surface area contributed by atoms with Gasteiger partial charge in [0.15, 0.2) is 0 Å². The van der Waals surface area contributed by atoms with Gasteiger partial charge in [0.1, 0.15) is 0 Å². The smallest absolute Gasteiger partial charge is 0.0865 e. The molecular weight excluding hydrogens is 254 g/mol. The monoisotopic (exact) mass is 289 g/mol. The summed E-state index contributed by atoms with van der Waals surface area (Å²) < 4.78 is 17.5. The third-order valence-electron chi connectivity index (χ3n) is 2.38. The highest BCUT2D eigenvalue weighted by molar-refractivity contribution is 4.87. The summed E-state index contributed by atoms with van der Waals surface area (Å²) in [6, 6.07) is 0. The molecule has 0 aromatic carbocycles. The zero-order valence-corrected chi connectivity index (χ0v) is 14.9. The van der Waals surface area contributed by atoms with Gasteiger partial charge >= 0.3 is 0 Å². The summed E-state index contributed by atoms with van der Waals surface area (Å²) >= 11 is 0. The van der Waals surface area contributed by atoms with Crippen LogP contribution in [0.4, 0.5) is 0 Å². The predicted molar refractivity (Wildman–Crippen MR) is 84.0 cm³/mol. The minimum atomic E-state index is -0.645. The van der Waals surface area contributed by atoms with Crippen molar-refractivity contribution in [3.63, 3.8) is 0 Å². The van der Waals surface area contributed by atoms with Gasteiger partial charge in [-0.3, -0.25) is 0 Å². The summed E-state index contributed by atoms with van der Waals surface area (Å²) in [5.41, 5.74) is 5.12. The number of rotatable bonds is 6. The Kier molecular flexibility index (Phi) is 6.68. The Morgan fingerprint density at radius 2 is 0.750 bits per heavy atom. The summed E-state index contributed by atoms with van der Waals surface area (Å²) in [6.45, 7) is 19.4. The lowest BCUT2D eigenvalue weighted by molar-refractivity contribution is -0.114. The molecule has 0 atom stereocenters. The molecule has 4 nitrogen and oxygen atoms in total. The first-order chi connectivity index (χ1) is 8.62. The Hall–Kier alpha value is -0.160. The predicted octanol–water partition coefficient (Wildman–Crippen LogP) is 3.13. The molecular formula is C16H35NO3. The Morgan fingerprint density at radius 3 is 0.900 bits per heavy atom. The number of hydrogen-bond donors (Lipinski definition) is 1. The van der Waals surface area contributed by atoms with E-state index < -0.39 is 5.54 Å². The Morgan fingerprint density at radius 1 is 0.550 bits per heavy atom. The maximum Gasteiger partial charge on any atom is 0.0865 e. The zero-order valence-electron chi connectivity index (χ0n) is 14.9. The van der Waals surface area contributed by atoms with Gasteiger partial charge in [-0.15, -0.1) is 0 Å². The highest BCUT2D eigenvalue weighted by atomic mass is 16.5. The molecule has 0 saturated carbocycles. The third-order valence-corrected chi connectivity index (χ3v) is 2.38. The molecule has 20 heavy (non-hydrogen) atoms. The van der Waals surface area contributed by atoms with Crippen LogP contribution in [-0.2, 0) is 14.2 Å². The van der Waals surface area contributed by atoms with E-state index >= 15 is 0 Å². The fourth-order valence-corrected chi connectivity index (χ4v) is 1.21. The quantitative estimate of drug-likeness (QED) is 0.816. The van der Waals surface area contributed by atoms with E-state index in [1.165, 1.54) is 0 Å². The summed E-state index contributed by atoms with van der Waals surface area (Å²) in [5, 5.41) is 0. The fourth-order valence-electron chi connectivity index (χ4n) is 1.21. The standard InChI is InChI=1S/C16H35NO3/c1-13(2,3)18-10-16(17,11-19-14(4,5)6)12-20-15(7,8)9/h10-12,17H2,1-9H3. The highest BCUT2D eigenvalue weighted by Gasteiger charge is 2.32. The number of hydrogen-bond acceptors (Lipinski definition) is 4. The van der Waals surface area contributed by atoms with Crippen LogP contribution >= 0.6 is 0 Å². The van der Waals surface area contributed by atoms with Gasteiger partial charge in [-0.2, -0.15) is 0 Å². The van der Waals surface area contributed by atoms with Gasteiger partial charge in [0.25, 0.3) is 0 Å². The van der Waals surface area contributed by atoms with Crippen LogP contribution in [0.25, 0.3) is 0 Å². The molecule has 0 aromatic heterocycles. The van der Waals surface area contributed by atoms with Crippen molar-refractivity contribution in [1.29, 1.82) is 0 Å². The second kappa shape index (κ2) is 6.73. The van der Waals surface area contributed by atoms with Gasteiger partial charge < -0.3 is 19.9 Å². The molecule has 0 aliphatic rings. The zero-order chi connectivity index (χ0) is 16.2. The molecule has 0 radical (unpaired) electrons. The topological polar surface area (TPSA) is 53.7 Å². The second-order valence-corrected chi connectivity index (χ2v) is 8.57. The maximum atomic E-state index is 6.44. The first-order valence-electron chi connectivity index (χ1n) is 7.33. The van der Waals surface area contributed by atoms with Crippen LogP contribution in [0.2, 0.25) is 0 Å². The van der Waals surface area contributed by atoms with Crippen LogP contribution in [0.15, 0.2) is 0 Å². The lowest BCUT2D eigenvalue weighted by atomic mass is 10.0. The van der Waals surface area contributed by atoms with E-state index in [9.17, 15) is 0 Å². The van der Waals surface area contributed by atoms with Crippen LogP contribution in [0, 0.1) is 0 Å². The largest absolute Gasteiger partial charge is 0.374 e. The van der Waals surface area contributed by atoms with E-state index in [1.54, 1.807) is 0 Å². The van der Waals surface area contributed by atoms with Crippen molar-refractivity contribution in [2.75, 3.05) is 19.8 Å². The van der Waals surface area contributed by atoms with Crippen LogP contribution in [0.1, 0.15) is 62.3 Å². The third kappa shape index (κ3) is 11.6. The van der Waals surface area contributed by atoms with Crippen LogP contribution < -0.4 is 5.73 Å². The molecule has 0 amide bonds. The normalized spacial score (nSPS) is 14.7. The van der Waals surface area contributed by atoms with Crippen LogP contribution in [0.3, 0.4) is 0 Å². The van der Waals surface area contributed by atoms with Crippen molar-refractivity contribution in [2.45, 2.75) is 84.7 Å².